The second-order valence-corrected chi connectivity index (χ2v) is 6.56. The van der Waals surface area contributed by atoms with Gasteiger partial charge < -0.3 is 0 Å². The van der Waals surface area contributed by atoms with Crippen LogP contribution in [0.15, 0.2) is 61.1 Å². The van der Waals surface area contributed by atoms with Crippen LogP contribution in [-0.4, -0.2) is 9.97 Å². The van der Waals surface area contributed by atoms with Crippen LogP contribution in [0.4, 0.5) is 0 Å². The van der Waals surface area contributed by atoms with Crippen molar-refractivity contribution < 1.29 is 0 Å². The van der Waals surface area contributed by atoms with Crippen molar-refractivity contribution in [3.05, 3.63) is 72.2 Å². The van der Waals surface area contributed by atoms with E-state index in [0.29, 0.717) is 0 Å². The van der Waals surface area contributed by atoms with Gasteiger partial charge in [-0.1, -0.05) is 42.5 Å². The number of aromatic nitrogens is 2. The molecule has 0 fully saturated rings. The fourth-order valence-corrected chi connectivity index (χ4v) is 4.09. The van der Waals surface area contributed by atoms with Gasteiger partial charge in [-0.15, -0.1) is 0 Å². The second kappa shape index (κ2) is 5.41. The molecule has 0 amide bonds. The Labute approximate surface area is 141 Å². The quantitative estimate of drug-likeness (QED) is 0.444. The van der Waals surface area contributed by atoms with E-state index in [2.05, 4.69) is 52.4 Å². The standard InChI is InChI=1S/C22H18N2/c1-2-5-16-15(4-1)8-9-19-17-6-3-7-21(20(17)11-10-18(16)19)22-14-23-12-13-24-22/h3,6-14H,1-2,4-5H2. The topological polar surface area (TPSA) is 25.8 Å². The van der Waals surface area contributed by atoms with Gasteiger partial charge in [-0.05, 0) is 58.4 Å². The first kappa shape index (κ1) is 13.7. The average molecular weight is 310 g/mol. The van der Waals surface area contributed by atoms with Crippen molar-refractivity contribution in [1.29, 1.82) is 0 Å². The molecule has 0 aliphatic heterocycles. The molecule has 5 rings (SSSR count). The van der Waals surface area contributed by atoms with Crippen molar-refractivity contribution in [2.75, 3.05) is 0 Å². The molecule has 4 aromatic rings. The van der Waals surface area contributed by atoms with Crippen molar-refractivity contribution in [3.63, 3.8) is 0 Å². The number of aryl methyl sites for hydroxylation is 2. The van der Waals surface area contributed by atoms with E-state index in [1.165, 1.54) is 52.8 Å². The molecule has 24 heavy (non-hydrogen) atoms. The maximum Gasteiger partial charge on any atom is 0.0891 e. The molecule has 0 unspecified atom stereocenters. The predicted molar refractivity (Wildman–Crippen MR) is 99.1 cm³/mol. The Morgan fingerprint density at radius 3 is 2.46 bits per heavy atom. The van der Waals surface area contributed by atoms with Gasteiger partial charge in [0.05, 0.1) is 11.9 Å². The molecule has 3 aromatic carbocycles. The number of hydrogen-bond acceptors (Lipinski definition) is 2. The highest BCUT2D eigenvalue weighted by molar-refractivity contribution is 6.12. The molecular weight excluding hydrogens is 292 g/mol. The van der Waals surface area contributed by atoms with E-state index in [9.17, 15) is 0 Å². The fraction of sp³-hybridized carbons (Fsp3) is 0.182. The molecule has 0 spiro atoms. The van der Waals surface area contributed by atoms with Crippen LogP contribution in [-0.2, 0) is 12.8 Å². The lowest BCUT2D eigenvalue weighted by molar-refractivity contribution is 0.690. The van der Waals surface area contributed by atoms with Crippen LogP contribution < -0.4 is 0 Å². The van der Waals surface area contributed by atoms with E-state index in [1.807, 2.05) is 6.20 Å². The van der Waals surface area contributed by atoms with E-state index in [1.54, 1.807) is 18.0 Å². The van der Waals surface area contributed by atoms with Crippen molar-refractivity contribution >= 4 is 21.5 Å². The Balaban J connectivity index is 1.84. The molecule has 0 radical (unpaired) electrons. The monoisotopic (exact) mass is 310 g/mol. The van der Waals surface area contributed by atoms with Gasteiger partial charge in [0.1, 0.15) is 0 Å². The summed E-state index contributed by atoms with van der Waals surface area (Å²) in [4.78, 5) is 8.71. The summed E-state index contributed by atoms with van der Waals surface area (Å²) in [6.07, 6.45) is 10.4. The van der Waals surface area contributed by atoms with Gasteiger partial charge in [-0.2, -0.15) is 0 Å². The van der Waals surface area contributed by atoms with E-state index < -0.39 is 0 Å². The van der Waals surface area contributed by atoms with Crippen LogP contribution in [0.25, 0.3) is 32.8 Å². The first-order valence-corrected chi connectivity index (χ1v) is 8.64. The summed E-state index contributed by atoms with van der Waals surface area (Å²) in [5, 5.41) is 5.35. The molecule has 0 saturated carbocycles. The van der Waals surface area contributed by atoms with Gasteiger partial charge in [0, 0.05) is 18.0 Å². The largest absolute Gasteiger partial charge is 0.261 e. The first-order chi connectivity index (χ1) is 11.9. The maximum absolute atomic E-state index is 4.49. The summed E-state index contributed by atoms with van der Waals surface area (Å²) in [5.74, 6) is 0. The molecule has 1 aliphatic carbocycles. The van der Waals surface area contributed by atoms with Crippen LogP contribution in [0, 0.1) is 0 Å². The predicted octanol–water partition coefficient (Wildman–Crippen LogP) is 5.33. The molecule has 0 bridgehead atoms. The van der Waals surface area contributed by atoms with Gasteiger partial charge in [-0.25, -0.2) is 0 Å². The van der Waals surface area contributed by atoms with Crippen molar-refractivity contribution in [3.8, 4) is 11.3 Å². The fourth-order valence-electron chi connectivity index (χ4n) is 4.09. The number of rotatable bonds is 1. The number of fused-ring (bicyclic) bond motifs is 5. The summed E-state index contributed by atoms with van der Waals surface area (Å²) in [7, 11) is 0. The number of nitrogens with zero attached hydrogens (tertiary/aromatic N) is 2. The molecule has 0 saturated heterocycles. The van der Waals surface area contributed by atoms with Crippen LogP contribution in [0.2, 0.25) is 0 Å². The Kier molecular flexibility index (Phi) is 3.08. The van der Waals surface area contributed by atoms with Gasteiger partial charge in [0.2, 0.25) is 0 Å². The number of benzene rings is 3. The van der Waals surface area contributed by atoms with Gasteiger partial charge in [0.15, 0.2) is 0 Å². The van der Waals surface area contributed by atoms with Crippen molar-refractivity contribution in [1.82, 2.24) is 9.97 Å². The Bertz CT molecular complexity index is 1050. The molecule has 0 N–H and O–H groups in total. The molecular formula is C22H18N2. The van der Waals surface area contributed by atoms with Crippen LogP contribution in [0.1, 0.15) is 24.0 Å². The Morgan fingerprint density at radius 2 is 1.54 bits per heavy atom. The van der Waals surface area contributed by atoms with Crippen molar-refractivity contribution in [2.45, 2.75) is 25.7 Å². The van der Waals surface area contributed by atoms with E-state index in [0.717, 1.165) is 11.3 Å². The first-order valence-electron chi connectivity index (χ1n) is 8.64. The minimum atomic E-state index is 0.931. The highest BCUT2D eigenvalue weighted by Gasteiger charge is 2.14. The third-order valence-corrected chi connectivity index (χ3v) is 5.23. The summed E-state index contributed by atoms with van der Waals surface area (Å²) >= 11 is 0. The Hall–Kier alpha value is -2.74. The minimum absolute atomic E-state index is 0.931. The van der Waals surface area contributed by atoms with Gasteiger partial charge in [-0.3, -0.25) is 9.97 Å². The van der Waals surface area contributed by atoms with Crippen LogP contribution >= 0.6 is 0 Å². The molecule has 1 aliphatic rings. The summed E-state index contributed by atoms with van der Waals surface area (Å²) in [6.45, 7) is 0. The zero-order valence-corrected chi connectivity index (χ0v) is 13.5. The van der Waals surface area contributed by atoms with Crippen molar-refractivity contribution in [2.24, 2.45) is 0 Å². The zero-order chi connectivity index (χ0) is 15.9. The summed E-state index contributed by atoms with van der Waals surface area (Å²) < 4.78 is 0. The molecule has 1 aromatic heterocycles. The molecule has 0 atom stereocenters. The highest BCUT2D eigenvalue weighted by Crippen LogP contribution is 2.36. The lowest BCUT2D eigenvalue weighted by Gasteiger charge is -2.19. The number of hydrogen-bond donors (Lipinski definition) is 0. The van der Waals surface area contributed by atoms with E-state index in [-0.39, 0.29) is 0 Å². The molecule has 116 valence electrons. The second-order valence-electron chi connectivity index (χ2n) is 6.56. The zero-order valence-electron chi connectivity index (χ0n) is 13.5. The minimum Gasteiger partial charge on any atom is -0.261 e. The molecule has 2 nitrogen and oxygen atoms in total. The normalized spacial score (nSPS) is 14.0. The third kappa shape index (κ3) is 2.03. The summed E-state index contributed by atoms with van der Waals surface area (Å²) in [5.41, 5.74) is 5.18. The van der Waals surface area contributed by atoms with E-state index >= 15 is 0 Å². The van der Waals surface area contributed by atoms with E-state index in [4.69, 9.17) is 0 Å². The van der Waals surface area contributed by atoms with Gasteiger partial charge >= 0.3 is 0 Å². The molecule has 1 heterocycles. The maximum atomic E-state index is 4.49. The van der Waals surface area contributed by atoms with Crippen LogP contribution in [0.3, 0.4) is 0 Å². The lowest BCUT2D eigenvalue weighted by atomic mass is 9.86. The molecule has 2 heteroatoms. The van der Waals surface area contributed by atoms with Gasteiger partial charge in [0.25, 0.3) is 0 Å². The van der Waals surface area contributed by atoms with Crippen LogP contribution in [0.5, 0.6) is 0 Å². The lowest BCUT2D eigenvalue weighted by Crippen LogP contribution is -2.03. The average Bonchev–Trinajstić information content (AvgIpc) is 2.67. The smallest absolute Gasteiger partial charge is 0.0891 e. The summed E-state index contributed by atoms with van der Waals surface area (Å²) in [6, 6.07) is 15.7. The third-order valence-electron chi connectivity index (χ3n) is 5.23. The SMILES string of the molecule is c1cc(-c2cnccn2)c2ccc3c4c(ccc3c2c1)CCCC4. The Morgan fingerprint density at radius 1 is 0.708 bits per heavy atom. The highest BCUT2D eigenvalue weighted by atomic mass is 14.8.